The van der Waals surface area contributed by atoms with Crippen LogP contribution in [0.25, 0.3) is 0 Å². The Hall–Kier alpha value is -1.20. The van der Waals surface area contributed by atoms with Crippen molar-refractivity contribution in [1.29, 1.82) is 0 Å². The van der Waals surface area contributed by atoms with Crippen molar-refractivity contribution in [2.75, 3.05) is 32.8 Å². The number of nitrogens with two attached hydrogens (primary N) is 1. The van der Waals surface area contributed by atoms with E-state index in [2.05, 4.69) is 4.90 Å². The maximum absolute atomic E-state index is 13.8. The smallest absolute Gasteiger partial charge is 0.190 e. The molecule has 0 amide bonds. The van der Waals surface area contributed by atoms with Crippen LogP contribution in [-0.4, -0.2) is 37.7 Å². The van der Waals surface area contributed by atoms with Crippen molar-refractivity contribution in [1.82, 2.24) is 4.90 Å². The molecule has 0 saturated carbocycles. The minimum absolute atomic E-state index is 0.275. The first kappa shape index (κ1) is 15.2. The zero-order valence-electron chi connectivity index (χ0n) is 11.7. The van der Waals surface area contributed by atoms with Crippen molar-refractivity contribution in [2.45, 2.75) is 25.7 Å². The molecule has 0 aliphatic carbocycles. The monoisotopic (exact) mass is 284 g/mol. The molecular formula is C15H22F2N2O. The number of hydrogen-bond donors (Lipinski definition) is 1. The summed E-state index contributed by atoms with van der Waals surface area (Å²) in [6.45, 7) is 3.48. The summed E-state index contributed by atoms with van der Waals surface area (Å²) in [4.78, 5) is 2.27. The summed E-state index contributed by atoms with van der Waals surface area (Å²) in [5, 5.41) is 0. The van der Waals surface area contributed by atoms with Crippen molar-refractivity contribution < 1.29 is 13.5 Å². The Balaban J connectivity index is 1.88. The number of piperidine rings is 1. The molecular weight excluding hydrogens is 262 g/mol. The summed E-state index contributed by atoms with van der Waals surface area (Å²) in [6.07, 6.45) is 4.11. The molecule has 0 radical (unpaired) electrons. The Morgan fingerprint density at radius 2 is 1.75 bits per heavy atom. The van der Waals surface area contributed by atoms with Crippen LogP contribution in [0.4, 0.5) is 8.78 Å². The van der Waals surface area contributed by atoms with E-state index in [1.807, 2.05) is 0 Å². The fourth-order valence-corrected chi connectivity index (χ4v) is 2.52. The molecule has 3 nitrogen and oxygen atoms in total. The van der Waals surface area contributed by atoms with Crippen LogP contribution in [0.2, 0.25) is 0 Å². The van der Waals surface area contributed by atoms with E-state index in [1.165, 1.54) is 31.4 Å². The van der Waals surface area contributed by atoms with Gasteiger partial charge in [-0.05, 0) is 56.6 Å². The molecule has 2 N–H and O–H groups in total. The number of ether oxygens (including phenoxy) is 1. The molecule has 0 unspecified atom stereocenters. The highest BCUT2D eigenvalue weighted by atomic mass is 19.1. The van der Waals surface area contributed by atoms with E-state index in [0.717, 1.165) is 13.1 Å². The van der Waals surface area contributed by atoms with E-state index in [9.17, 15) is 8.78 Å². The fourth-order valence-electron chi connectivity index (χ4n) is 2.52. The zero-order valence-corrected chi connectivity index (χ0v) is 11.7. The zero-order chi connectivity index (χ0) is 14.4. The molecule has 1 aliphatic heterocycles. The van der Waals surface area contributed by atoms with Crippen molar-refractivity contribution in [3.8, 4) is 5.75 Å². The van der Waals surface area contributed by atoms with Gasteiger partial charge in [0.05, 0.1) is 0 Å². The molecule has 1 aliphatic rings. The molecule has 0 bridgehead atoms. The summed E-state index contributed by atoms with van der Waals surface area (Å²) < 4.78 is 32.8. The largest absolute Gasteiger partial charge is 0.486 e. The highest BCUT2D eigenvalue weighted by Crippen LogP contribution is 2.23. The average molecular weight is 284 g/mol. The van der Waals surface area contributed by atoms with Crippen LogP contribution < -0.4 is 10.5 Å². The highest BCUT2D eigenvalue weighted by Gasteiger charge is 2.14. The second-order valence-corrected chi connectivity index (χ2v) is 5.18. The molecule has 20 heavy (non-hydrogen) atoms. The van der Waals surface area contributed by atoms with Crippen LogP contribution in [0, 0.1) is 11.6 Å². The minimum atomic E-state index is -0.646. The predicted molar refractivity (Wildman–Crippen MR) is 74.9 cm³/mol. The Labute approximate surface area is 118 Å². The van der Waals surface area contributed by atoms with Gasteiger partial charge in [-0.1, -0.05) is 6.42 Å². The first-order valence-electron chi connectivity index (χ1n) is 7.24. The lowest BCUT2D eigenvalue weighted by Gasteiger charge is -2.26. The first-order valence-corrected chi connectivity index (χ1v) is 7.24. The van der Waals surface area contributed by atoms with Gasteiger partial charge in [0.2, 0.25) is 0 Å². The minimum Gasteiger partial charge on any atom is -0.486 e. The third-order valence-corrected chi connectivity index (χ3v) is 3.59. The lowest BCUT2D eigenvalue weighted by atomic mass is 10.1. The molecule has 112 valence electrons. The van der Waals surface area contributed by atoms with Gasteiger partial charge in [0.1, 0.15) is 6.61 Å². The third kappa shape index (κ3) is 4.15. The Morgan fingerprint density at radius 1 is 1.10 bits per heavy atom. The molecule has 1 fully saturated rings. The van der Waals surface area contributed by atoms with Gasteiger partial charge >= 0.3 is 0 Å². The molecule has 0 atom stereocenters. The van der Waals surface area contributed by atoms with E-state index in [4.69, 9.17) is 10.5 Å². The number of nitrogens with zero attached hydrogens (tertiary/aromatic N) is 1. The van der Waals surface area contributed by atoms with Crippen molar-refractivity contribution in [3.63, 3.8) is 0 Å². The number of hydrogen-bond acceptors (Lipinski definition) is 3. The lowest BCUT2D eigenvalue weighted by molar-refractivity contribution is 0.177. The predicted octanol–water partition coefficient (Wildman–Crippen LogP) is 2.33. The quantitative estimate of drug-likeness (QED) is 0.871. The van der Waals surface area contributed by atoms with Crippen molar-refractivity contribution in [3.05, 3.63) is 29.3 Å². The third-order valence-electron chi connectivity index (χ3n) is 3.59. The molecule has 1 heterocycles. The van der Waals surface area contributed by atoms with Gasteiger partial charge in [0.15, 0.2) is 17.4 Å². The van der Waals surface area contributed by atoms with Gasteiger partial charge in [0.25, 0.3) is 0 Å². The maximum Gasteiger partial charge on any atom is 0.190 e. The Morgan fingerprint density at radius 3 is 2.35 bits per heavy atom. The number of halogens is 2. The van der Waals surface area contributed by atoms with Crippen molar-refractivity contribution >= 4 is 0 Å². The number of rotatable bonds is 6. The van der Waals surface area contributed by atoms with E-state index >= 15 is 0 Å². The van der Waals surface area contributed by atoms with Crippen LogP contribution in [0.5, 0.6) is 5.75 Å². The van der Waals surface area contributed by atoms with Gasteiger partial charge in [-0.3, -0.25) is 4.90 Å². The van der Waals surface area contributed by atoms with Crippen molar-refractivity contribution in [2.24, 2.45) is 5.73 Å². The van der Waals surface area contributed by atoms with E-state index in [-0.39, 0.29) is 5.75 Å². The molecule has 0 aromatic heterocycles. The SMILES string of the molecule is NCCc1cc(F)c(OCCN2CCCCC2)c(F)c1. The number of likely N-dealkylation sites (tertiary alicyclic amines) is 1. The van der Waals surface area contributed by atoms with Gasteiger partial charge in [-0.2, -0.15) is 0 Å². The average Bonchev–Trinajstić information content (AvgIpc) is 2.43. The molecule has 0 spiro atoms. The van der Waals surface area contributed by atoms with Crippen LogP contribution in [0.3, 0.4) is 0 Å². The molecule has 1 aromatic rings. The van der Waals surface area contributed by atoms with Crippen LogP contribution in [0.1, 0.15) is 24.8 Å². The second kappa shape index (κ2) is 7.55. The van der Waals surface area contributed by atoms with Crippen LogP contribution in [0.15, 0.2) is 12.1 Å². The second-order valence-electron chi connectivity index (χ2n) is 5.18. The maximum atomic E-state index is 13.8. The normalized spacial score (nSPS) is 16.4. The number of benzene rings is 1. The van der Waals surface area contributed by atoms with E-state index in [0.29, 0.717) is 31.7 Å². The summed E-state index contributed by atoms with van der Waals surface area (Å²) in [5.74, 6) is -1.57. The van der Waals surface area contributed by atoms with Crippen LogP contribution in [-0.2, 0) is 6.42 Å². The molecule has 2 rings (SSSR count). The first-order chi connectivity index (χ1) is 9.70. The summed E-state index contributed by atoms with van der Waals surface area (Å²) in [7, 11) is 0. The van der Waals surface area contributed by atoms with Gasteiger partial charge < -0.3 is 10.5 Å². The van der Waals surface area contributed by atoms with E-state index in [1.54, 1.807) is 0 Å². The fraction of sp³-hybridized carbons (Fsp3) is 0.600. The van der Waals surface area contributed by atoms with Gasteiger partial charge in [-0.15, -0.1) is 0 Å². The summed E-state index contributed by atoms with van der Waals surface area (Å²) in [6, 6.07) is 2.60. The van der Waals surface area contributed by atoms with E-state index < -0.39 is 11.6 Å². The summed E-state index contributed by atoms with van der Waals surface area (Å²) >= 11 is 0. The van der Waals surface area contributed by atoms with Gasteiger partial charge in [-0.25, -0.2) is 8.78 Å². The molecule has 1 aromatic carbocycles. The van der Waals surface area contributed by atoms with Crippen LogP contribution >= 0.6 is 0 Å². The summed E-state index contributed by atoms with van der Waals surface area (Å²) in [5.41, 5.74) is 5.94. The molecule has 1 saturated heterocycles. The standard InChI is InChI=1S/C15H22F2N2O/c16-13-10-12(4-5-18)11-14(17)15(13)20-9-8-19-6-2-1-3-7-19/h10-11H,1-9,18H2. The topological polar surface area (TPSA) is 38.5 Å². The Bertz CT molecular complexity index is 411. The van der Waals surface area contributed by atoms with Gasteiger partial charge in [0, 0.05) is 6.54 Å². The molecule has 5 heteroatoms. The highest BCUT2D eigenvalue weighted by molar-refractivity contribution is 5.31. The Kier molecular flexibility index (Phi) is 5.73. The lowest BCUT2D eigenvalue weighted by Crippen LogP contribution is -2.33.